The smallest absolute Gasteiger partial charge is 0.295 e. The van der Waals surface area contributed by atoms with Crippen molar-refractivity contribution in [3.63, 3.8) is 0 Å². The van der Waals surface area contributed by atoms with Crippen LogP contribution in [0.25, 0.3) is 5.76 Å². The largest absolute Gasteiger partial charge is 0.508 e. The highest BCUT2D eigenvalue weighted by molar-refractivity contribution is 6.46. The molecule has 9 nitrogen and oxygen atoms in total. The van der Waals surface area contributed by atoms with Gasteiger partial charge in [0.15, 0.2) is 11.5 Å². The molecule has 0 aliphatic carbocycles. The number of fused-ring (bicyclic) bond motifs is 1. The number of aromatic hydroxyl groups is 1. The van der Waals surface area contributed by atoms with E-state index in [1.807, 2.05) is 0 Å². The maximum Gasteiger partial charge on any atom is 0.295 e. The Bertz CT molecular complexity index is 1120. The van der Waals surface area contributed by atoms with Crippen LogP contribution < -0.4 is 9.47 Å². The lowest BCUT2D eigenvalue weighted by Gasteiger charge is -2.31. The number of aliphatic hydroxyl groups excluding tert-OH is 1. The molecule has 5 rings (SSSR count). The Morgan fingerprint density at radius 3 is 2.35 bits per heavy atom. The maximum atomic E-state index is 13.2. The number of hydrogen-bond donors (Lipinski definition) is 2. The van der Waals surface area contributed by atoms with Crippen molar-refractivity contribution in [2.45, 2.75) is 6.04 Å². The van der Waals surface area contributed by atoms with Crippen LogP contribution in [0.1, 0.15) is 17.2 Å². The first-order chi connectivity index (χ1) is 16.5. The van der Waals surface area contributed by atoms with Crippen LogP contribution in [0, 0.1) is 0 Å². The Hall–Kier alpha value is -3.56. The molecule has 2 fully saturated rings. The van der Waals surface area contributed by atoms with Gasteiger partial charge in [0.05, 0.1) is 24.8 Å². The summed E-state index contributed by atoms with van der Waals surface area (Å²) in [6, 6.07) is 10.5. The van der Waals surface area contributed by atoms with Crippen LogP contribution in [0.15, 0.2) is 48.0 Å². The van der Waals surface area contributed by atoms with Crippen molar-refractivity contribution in [1.29, 1.82) is 0 Å². The lowest BCUT2D eigenvalue weighted by atomic mass is 9.95. The normalized spacial score (nSPS) is 22.2. The van der Waals surface area contributed by atoms with Crippen molar-refractivity contribution in [2.24, 2.45) is 0 Å². The molecular weight excluding hydrogens is 440 g/mol. The molecule has 0 spiro atoms. The van der Waals surface area contributed by atoms with Crippen LogP contribution in [0.3, 0.4) is 0 Å². The van der Waals surface area contributed by atoms with Crippen LogP contribution in [-0.2, 0) is 14.3 Å². The van der Waals surface area contributed by atoms with Gasteiger partial charge in [-0.3, -0.25) is 14.5 Å². The molecule has 2 aromatic carbocycles. The second-order valence-electron chi connectivity index (χ2n) is 8.40. The third kappa shape index (κ3) is 4.20. The van der Waals surface area contributed by atoms with E-state index in [-0.39, 0.29) is 17.1 Å². The monoisotopic (exact) mass is 466 g/mol. The van der Waals surface area contributed by atoms with Crippen molar-refractivity contribution in [1.82, 2.24) is 9.80 Å². The van der Waals surface area contributed by atoms with Gasteiger partial charge >= 0.3 is 0 Å². The first-order valence-corrected chi connectivity index (χ1v) is 11.3. The number of benzene rings is 2. The van der Waals surface area contributed by atoms with E-state index in [4.69, 9.17) is 14.2 Å². The molecule has 3 heterocycles. The zero-order valence-corrected chi connectivity index (χ0v) is 18.6. The first kappa shape index (κ1) is 22.2. The summed E-state index contributed by atoms with van der Waals surface area (Å²) in [5, 5.41) is 21.0. The molecule has 0 bridgehead atoms. The number of morpholine rings is 1. The van der Waals surface area contributed by atoms with E-state index in [0.29, 0.717) is 62.1 Å². The molecule has 9 heteroatoms. The Morgan fingerprint density at radius 2 is 1.62 bits per heavy atom. The number of nitrogens with zero attached hydrogens (tertiary/aromatic N) is 2. The quantitative estimate of drug-likeness (QED) is 0.391. The summed E-state index contributed by atoms with van der Waals surface area (Å²) in [5.74, 6) is -0.581. The SMILES string of the molecule is O=C1C(=O)N(CCN2CCOCC2)C(c2ccc(O)cc2)C1=C(O)c1ccc2c(c1)OCCO2. The fourth-order valence-electron chi connectivity index (χ4n) is 4.53. The summed E-state index contributed by atoms with van der Waals surface area (Å²) in [4.78, 5) is 29.9. The van der Waals surface area contributed by atoms with Gasteiger partial charge < -0.3 is 29.3 Å². The molecule has 3 aliphatic heterocycles. The number of carbonyl (C=O) groups is 2. The molecule has 0 aromatic heterocycles. The van der Waals surface area contributed by atoms with Crippen LogP contribution in [-0.4, -0.2) is 84.3 Å². The Balaban J connectivity index is 1.53. The molecule has 1 amide bonds. The highest BCUT2D eigenvalue weighted by Gasteiger charge is 2.46. The van der Waals surface area contributed by atoms with Gasteiger partial charge in [0.25, 0.3) is 11.7 Å². The summed E-state index contributed by atoms with van der Waals surface area (Å²) in [7, 11) is 0. The molecule has 1 unspecified atom stereocenters. The summed E-state index contributed by atoms with van der Waals surface area (Å²) < 4.78 is 16.5. The number of likely N-dealkylation sites (tertiary alicyclic amines) is 1. The van der Waals surface area contributed by atoms with Crippen molar-refractivity contribution in [2.75, 3.05) is 52.6 Å². The second-order valence-corrected chi connectivity index (χ2v) is 8.40. The van der Waals surface area contributed by atoms with E-state index < -0.39 is 17.7 Å². The topological polar surface area (TPSA) is 109 Å². The number of ether oxygens (including phenoxy) is 3. The van der Waals surface area contributed by atoms with Gasteiger partial charge in [-0.15, -0.1) is 0 Å². The number of rotatable bonds is 5. The average molecular weight is 466 g/mol. The summed E-state index contributed by atoms with van der Waals surface area (Å²) in [6.07, 6.45) is 0. The molecule has 2 aromatic rings. The van der Waals surface area contributed by atoms with Crippen molar-refractivity contribution in [3.8, 4) is 17.2 Å². The Labute approximate surface area is 196 Å². The average Bonchev–Trinajstić information content (AvgIpc) is 3.12. The minimum Gasteiger partial charge on any atom is -0.508 e. The molecule has 34 heavy (non-hydrogen) atoms. The van der Waals surface area contributed by atoms with E-state index in [2.05, 4.69) is 4.90 Å². The number of hydrogen-bond acceptors (Lipinski definition) is 8. The predicted octanol–water partition coefficient (Wildman–Crippen LogP) is 1.92. The number of Topliss-reactive ketones (excluding diaryl/α,β-unsaturated/α-hetero) is 1. The molecule has 2 saturated heterocycles. The van der Waals surface area contributed by atoms with Crippen LogP contribution >= 0.6 is 0 Å². The molecule has 0 saturated carbocycles. The molecule has 2 N–H and O–H groups in total. The van der Waals surface area contributed by atoms with Crippen molar-refractivity contribution >= 4 is 17.4 Å². The van der Waals surface area contributed by atoms with Gasteiger partial charge in [-0.2, -0.15) is 0 Å². The molecule has 0 radical (unpaired) electrons. The van der Waals surface area contributed by atoms with Gasteiger partial charge in [0.2, 0.25) is 0 Å². The summed E-state index contributed by atoms with van der Waals surface area (Å²) in [6.45, 7) is 4.48. The van der Waals surface area contributed by atoms with Gasteiger partial charge in [-0.1, -0.05) is 12.1 Å². The van der Waals surface area contributed by atoms with Gasteiger partial charge in [-0.05, 0) is 35.9 Å². The summed E-state index contributed by atoms with van der Waals surface area (Å²) in [5.41, 5.74) is 0.992. The van der Waals surface area contributed by atoms with E-state index in [9.17, 15) is 19.8 Å². The maximum absolute atomic E-state index is 13.2. The predicted molar refractivity (Wildman–Crippen MR) is 122 cm³/mol. The number of amides is 1. The van der Waals surface area contributed by atoms with Crippen LogP contribution in [0.2, 0.25) is 0 Å². The number of ketones is 1. The van der Waals surface area contributed by atoms with Gasteiger partial charge in [0, 0.05) is 31.7 Å². The number of phenolic OH excluding ortho intramolecular Hbond substituents is 1. The third-order valence-electron chi connectivity index (χ3n) is 6.33. The number of aliphatic hydroxyl groups is 1. The fourth-order valence-corrected chi connectivity index (χ4v) is 4.53. The minimum atomic E-state index is -0.783. The van der Waals surface area contributed by atoms with Gasteiger partial charge in [-0.25, -0.2) is 0 Å². The fraction of sp³-hybridized carbons (Fsp3) is 0.360. The molecule has 1 atom stereocenters. The zero-order chi connectivity index (χ0) is 23.7. The van der Waals surface area contributed by atoms with Crippen LogP contribution in [0.5, 0.6) is 17.2 Å². The van der Waals surface area contributed by atoms with Gasteiger partial charge in [0.1, 0.15) is 24.7 Å². The summed E-state index contributed by atoms with van der Waals surface area (Å²) >= 11 is 0. The minimum absolute atomic E-state index is 0.00865. The Kier molecular flexibility index (Phi) is 6.12. The molecule has 3 aliphatic rings. The third-order valence-corrected chi connectivity index (χ3v) is 6.33. The lowest BCUT2D eigenvalue weighted by Crippen LogP contribution is -2.42. The highest BCUT2D eigenvalue weighted by Crippen LogP contribution is 2.41. The van der Waals surface area contributed by atoms with E-state index in [0.717, 1.165) is 13.1 Å². The number of phenols is 1. The Morgan fingerprint density at radius 1 is 0.912 bits per heavy atom. The number of carbonyl (C=O) groups excluding carboxylic acids is 2. The standard InChI is InChI=1S/C25H26N2O7/c28-18-4-1-16(2-5-18)22-21(23(29)17-3-6-19-20(15-17)34-14-13-33-19)24(30)25(31)27(22)8-7-26-9-11-32-12-10-26/h1-6,15,22,28-29H,7-14H2. The van der Waals surface area contributed by atoms with E-state index in [1.54, 1.807) is 30.3 Å². The first-order valence-electron chi connectivity index (χ1n) is 11.3. The lowest BCUT2D eigenvalue weighted by molar-refractivity contribution is -0.140. The zero-order valence-electron chi connectivity index (χ0n) is 18.6. The molecule has 178 valence electrons. The van der Waals surface area contributed by atoms with Crippen LogP contribution in [0.4, 0.5) is 0 Å². The van der Waals surface area contributed by atoms with E-state index >= 15 is 0 Å². The highest BCUT2D eigenvalue weighted by atomic mass is 16.6. The van der Waals surface area contributed by atoms with Crippen molar-refractivity contribution < 1.29 is 34.0 Å². The van der Waals surface area contributed by atoms with Crippen molar-refractivity contribution in [3.05, 3.63) is 59.2 Å². The van der Waals surface area contributed by atoms with E-state index in [1.165, 1.54) is 17.0 Å². The molecular formula is C25H26N2O7. The second kappa shape index (κ2) is 9.36.